The number of aliphatic hydroxyl groups excluding tert-OH is 1. The molecule has 1 aliphatic rings. The van der Waals surface area contributed by atoms with Crippen molar-refractivity contribution in [3.05, 3.63) is 125 Å². The van der Waals surface area contributed by atoms with Crippen LogP contribution in [0.2, 0.25) is 0 Å². The van der Waals surface area contributed by atoms with Crippen LogP contribution >= 0.6 is 46.6 Å². The second-order valence-corrected chi connectivity index (χ2v) is 13.4. The largest absolute Gasteiger partial charge is 0.618 e. The number of alkyl halides is 3. The molecular formula is C32H29Cl3N2O5S. The van der Waals surface area contributed by atoms with E-state index >= 15 is 0 Å². The lowest BCUT2D eigenvalue weighted by Gasteiger charge is -2.36. The van der Waals surface area contributed by atoms with Crippen LogP contribution in [0.3, 0.4) is 0 Å². The Morgan fingerprint density at radius 3 is 2.40 bits per heavy atom. The van der Waals surface area contributed by atoms with Gasteiger partial charge in [0.25, 0.3) is 14.7 Å². The summed E-state index contributed by atoms with van der Waals surface area (Å²) in [6, 6.07) is 28.7. The molecule has 224 valence electrons. The third-order valence-electron chi connectivity index (χ3n) is 6.95. The maximum Gasteiger partial charge on any atom is 0.272 e. The van der Waals surface area contributed by atoms with Gasteiger partial charge < -0.3 is 25.1 Å². The standard InChI is InChI=1S/C32H29Cl3N2O5S/c33-32(34,35)31(39)36-18-22-5-3-6-24(15-22)25-7-4-8-26(16-25)30-41-27(20-43-29-9-1-2-14-37(29)40)17-28(42-30)23-12-10-21(19-38)11-13-23/h1-16,27-28,30,38H,17-20H2,(H,36,39). The number of halogens is 3. The van der Waals surface area contributed by atoms with Crippen LogP contribution in [0.5, 0.6) is 0 Å². The molecule has 0 bridgehead atoms. The van der Waals surface area contributed by atoms with E-state index in [0.717, 1.165) is 38.1 Å². The van der Waals surface area contributed by atoms with E-state index in [9.17, 15) is 15.1 Å². The predicted octanol–water partition coefficient (Wildman–Crippen LogP) is 6.80. The topological polar surface area (TPSA) is 94.7 Å². The van der Waals surface area contributed by atoms with Crippen LogP contribution in [0, 0.1) is 5.21 Å². The number of benzene rings is 3. The van der Waals surface area contributed by atoms with Gasteiger partial charge in [-0.15, -0.1) is 0 Å². The van der Waals surface area contributed by atoms with Crippen molar-refractivity contribution >= 4 is 52.5 Å². The van der Waals surface area contributed by atoms with Gasteiger partial charge in [0, 0.05) is 36.4 Å². The number of thioether (sulfide) groups is 1. The maximum absolute atomic E-state index is 12.2. The molecule has 3 aromatic carbocycles. The smallest absolute Gasteiger partial charge is 0.272 e. The van der Waals surface area contributed by atoms with E-state index < -0.39 is 16.0 Å². The molecule has 3 atom stereocenters. The highest BCUT2D eigenvalue weighted by Gasteiger charge is 2.33. The number of ether oxygens (including phenoxy) is 2. The first kappa shape index (κ1) is 31.6. The fourth-order valence-electron chi connectivity index (χ4n) is 4.73. The SMILES string of the molecule is O=C(NCc1cccc(-c2cccc(C3OC(CSc4cccc[n+]4[O-])CC(c4ccc(CO)cc4)O3)c2)c1)C(Cl)(Cl)Cl. The minimum Gasteiger partial charge on any atom is -0.618 e. The minimum atomic E-state index is -2.03. The van der Waals surface area contributed by atoms with Crippen LogP contribution in [0.4, 0.5) is 0 Å². The van der Waals surface area contributed by atoms with E-state index in [1.165, 1.54) is 18.0 Å². The summed E-state index contributed by atoms with van der Waals surface area (Å²) in [5.41, 5.74) is 5.38. The second-order valence-electron chi connectivity index (χ2n) is 10.0. The van der Waals surface area contributed by atoms with Crippen LogP contribution in [0.15, 0.2) is 102 Å². The van der Waals surface area contributed by atoms with Crippen LogP contribution in [-0.2, 0) is 27.4 Å². The Morgan fingerprint density at radius 2 is 1.67 bits per heavy atom. The zero-order valence-electron chi connectivity index (χ0n) is 22.9. The number of hydrogen-bond acceptors (Lipinski definition) is 6. The number of amides is 1. The number of hydrogen-bond donors (Lipinski definition) is 2. The Labute approximate surface area is 269 Å². The molecule has 0 radical (unpaired) electrons. The Balaban J connectivity index is 1.36. The lowest BCUT2D eigenvalue weighted by Crippen LogP contribution is -2.33. The Bertz CT molecular complexity index is 1550. The number of rotatable bonds is 9. The molecule has 0 spiro atoms. The normalized spacial score (nSPS) is 18.7. The fourth-order valence-corrected chi connectivity index (χ4v) is 5.87. The van der Waals surface area contributed by atoms with Gasteiger partial charge in [0.1, 0.15) is 0 Å². The van der Waals surface area contributed by atoms with Crippen LogP contribution in [-0.4, -0.2) is 26.7 Å². The first-order valence-corrected chi connectivity index (χ1v) is 15.7. The van der Waals surface area contributed by atoms with E-state index in [1.54, 1.807) is 12.1 Å². The quantitative estimate of drug-likeness (QED) is 0.0888. The third kappa shape index (κ3) is 8.42. The molecule has 2 N–H and O–H groups in total. The molecule has 3 unspecified atom stereocenters. The summed E-state index contributed by atoms with van der Waals surface area (Å²) in [4.78, 5) is 12.0. The van der Waals surface area contributed by atoms with Gasteiger partial charge in [0.2, 0.25) is 0 Å². The maximum atomic E-state index is 12.2. The van der Waals surface area contributed by atoms with Crippen molar-refractivity contribution in [1.29, 1.82) is 0 Å². The van der Waals surface area contributed by atoms with Crippen molar-refractivity contribution in [2.24, 2.45) is 0 Å². The van der Waals surface area contributed by atoms with Gasteiger partial charge >= 0.3 is 0 Å². The molecule has 11 heteroatoms. The molecule has 0 aliphatic carbocycles. The Morgan fingerprint density at radius 1 is 0.930 bits per heavy atom. The van der Waals surface area contributed by atoms with Gasteiger partial charge in [-0.1, -0.05) is 107 Å². The van der Waals surface area contributed by atoms with Crippen molar-refractivity contribution in [2.45, 2.75) is 46.9 Å². The van der Waals surface area contributed by atoms with Gasteiger partial charge in [-0.2, -0.15) is 4.73 Å². The zero-order chi connectivity index (χ0) is 30.4. The van der Waals surface area contributed by atoms with Gasteiger partial charge in [0.15, 0.2) is 12.5 Å². The minimum absolute atomic E-state index is 0.0314. The van der Waals surface area contributed by atoms with E-state index in [0.29, 0.717) is 17.2 Å². The summed E-state index contributed by atoms with van der Waals surface area (Å²) < 4.78 is 11.8. The average Bonchev–Trinajstić information content (AvgIpc) is 3.03. The third-order valence-corrected chi connectivity index (χ3v) is 8.62. The molecule has 1 aliphatic heterocycles. The number of carbonyl (C=O) groups excluding carboxylic acids is 1. The molecule has 0 saturated carbocycles. The van der Waals surface area contributed by atoms with Crippen molar-refractivity contribution in [3.8, 4) is 11.1 Å². The molecule has 1 saturated heterocycles. The summed E-state index contributed by atoms with van der Waals surface area (Å²) in [5.74, 6) is -0.124. The van der Waals surface area contributed by atoms with Crippen LogP contribution in [0.1, 0.15) is 41.1 Å². The first-order chi connectivity index (χ1) is 20.7. The van der Waals surface area contributed by atoms with E-state index in [1.807, 2.05) is 78.9 Å². The average molecular weight is 660 g/mol. The van der Waals surface area contributed by atoms with Crippen molar-refractivity contribution < 1.29 is 24.1 Å². The van der Waals surface area contributed by atoms with Gasteiger partial charge in [-0.3, -0.25) is 4.79 Å². The number of carbonyl (C=O) groups is 1. The molecule has 1 amide bonds. The summed E-state index contributed by atoms with van der Waals surface area (Å²) in [6.07, 6.45) is 0.996. The molecule has 1 fully saturated rings. The van der Waals surface area contributed by atoms with Gasteiger partial charge in [-0.05, 0) is 46.0 Å². The van der Waals surface area contributed by atoms with Crippen molar-refractivity contribution in [3.63, 3.8) is 0 Å². The molecule has 7 nitrogen and oxygen atoms in total. The van der Waals surface area contributed by atoms with Crippen LogP contribution < -0.4 is 10.0 Å². The molecule has 4 aromatic rings. The molecular weight excluding hydrogens is 631 g/mol. The van der Waals surface area contributed by atoms with E-state index in [-0.39, 0.29) is 25.4 Å². The summed E-state index contributed by atoms with van der Waals surface area (Å²) in [7, 11) is 0. The zero-order valence-corrected chi connectivity index (χ0v) is 26.0. The van der Waals surface area contributed by atoms with E-state index in [4.69, 9.17) is 44.3 Å². The van der Waals surface area contributed by atoms with Crippen molar-refractivity contribution in [2.75, 3.05) is 5.75 Å². The number of pyridine rings is 1. The van der Waals surface area contributed by atoms with Crippen molar-refractivity contribution in [1.82, 2.24) is 5.32 Å². The molecule has 5 rings (SSSR count). The Hall–Kier alpha value is -2.82. The monoisotopic (exact) mass is 658 g/mol. The lowest BCUT2D eigenvalue weighted by atomic mass is 9.99. The molecule has 2 heterocycles. The molecule has 1 aromatic heterocycles. The lowest BCUT2D eigenvalue weighted by molar-refractivity contribution is -0.645. The summed E-state index contributed by atoms with van der Waals surface area (Å²) >= 11 is 18.5. The number of nitrogens with one attached hydrogen (secondary N) is 1. The van der Waals surface area contributed by atoms with E-state index in [2.05, 4.69) is 5.32 Å². The summed E-state index contributed by atoms with van der Waals surface area (Å²) in [6.45, 7) is 0.173. The van der Waals surface area contributed by atoms with Crippen LogP contribution in [0.25, 0.3) is 11.1 Å². The Kier molecular flexibility index (Phi) is 10.5. The summed E-state index contributed by atoms with van der Waals surface area (Å²) in [5, 5.41) is 24.9. The number of aliphatic hydroxyl groups is 1. The predicted molar refractivity (Wildman–Crippen MR) is 169 cm³/mol. The number of nitrogens with zero attached hydrogens (tertiary/aromatic N) is 1. The fraction of sp³-hybridized carbons (Fsp3) is 0.250. The highest BCUT2D eigenvalue weighted by atomic mass is 35.6. The first-order valence-electron chi connectivity index (χ1n) is 13.6. The highest BCUT2D eigenvalue weighted by Crippen LogP contribution is 2.40. The number of aromatic nitrogens is 1. The second kappa shape index (κ2) is 14.3. The molecule has 43 heavy (non-hydrogen) atoms. The van der Waals surface area contributed by atoms with Gasteiger partial charge in [0.05, 0.1) is 18.8 Å². The van der Waals surface area contributed by atoms with Gasteiger partial charge in [-0.25, -0.2) is 0 Å². The highest BCUT2D eigenvalue weighted by molar-refractivity contribution is 7.99.